The molecule has 1 fully saturated rings. The van der Waals surface area contributed by atoms with Gasteiger partial charge in [0.05, 0.1) is 52.3 Å². The van der Waals surface area contributed by atoms with Crippen molar-refractivity contribution in [1.82, 2.24) is 5.32 Å². The van der Waals surface area contributed by atoms with Crippen LogP contribution < -0.4 is 14.8 Å². The number of methoxy groups -OCH3 is 2. The highest BCUT2D eigenvalue weighted by molar-refractivity contribution is 5.89. The molecule has 2 aliphatic rings. The summed E-state index contributed by atoms with van der Waals surface area (Å²) in [4.78, 5) is 0. The Hall–Kier alpha value is -3.80. The summed E-state index contributed by atoms with van der Waals surface area (Å²) in [5, 5.41) is 15.8. The van der Waals surface area contributed by atoms with Gasteiger partial charge in [-0.15, -0.1) is 0 Å². The van der Waals surface area contributed by atoms with Gasteiger partial charge in [0.2, 0.25) is 0 Å². The highest BCUT2D eigenvalue weighted by Gasteiger charge is 2.35. The van der Waals surface area contributed by atoms with E-state index in [2.05, 4.69) is 47.1 Å². The zero-order valence-electron chi connectivity index (χ0n) is 24.3. The second kappa shape index (κ2) is 14.9. The van der Waals surface area contributed by atoms with E-state index in [-0.39, 0.29) is 24.5 Å². The van der Waals surface area contributed by atoms with Crippen LogP contribution in [0, 0.1) is 5.92 Å². The third-order valence-corrected chi connectivity index (χ3v) is 7.73. The summed E-state index contributed by atoms with van der Waals surface area (Å²) in [5.41, 5.74) is 9.02. The van der Waals surface area contributed by atoms with E-state index in [0.29, 0.717) is 26.4 Å². The highest BCUT2D eigenvalue weighted by Crippen LogP contribution is 2.34. The molecule has 3 aromatic rings. The molecule has 3 aromatic carbocycles. The first-order chi connectivity index (χ1) is 20.7. The largest absolute Gasteiger partial charge is 0.496 e. The number of aliphatic hydroxyl groups is 1. The van der Waals surface area contributed by atoms with Crippen molar-refractivity contribution >= 4 is 10.8 Å². The van der Waals surface area contributed by atoms with Crippen molar-refractivity contribution in [3.63, 3.8) is 0 Å². The minimum atomic E-state index is -0.0876. The first-order valence-corrected chi connectivity index (χ1v) is 14.4. The Morgan fingerprint density at radius 2 is 1.81 bits per heavy atom. The lowest BCUT2D eigenvalue weighted by Gasteiger charge is -2.38. The van der Waals surface area contributed by atoms with Crippen LogP contribution in [0.4, 0.5) is 0 Å². The average Bonchev–Trinajstić information content (AvgIpc) is 3.05. The fourth-order valence-electron chi connectivity index (χ4n) is 5.60. The predicted molar refractivity (Wildman–Crippen MR) is 163 cm³/mol. The molecule has 5 rings (SSSR count). The van der Waals surface area contributed by atoms with Crippen molar-refractivity contribution in [3.05, 3.63) is 107 Å². The molecule has 2 N–H and O–H groups in total. The Balaban J connectivity index is 1.15. The minimum absolute atomic E-state index is 0.0527. The van der Waals surface area contributed by atoms with Crippen molar-refractivity contribution in [1.29, 1.82) is 0 Å². The van der Waals surface area contributed by atoms with Gasteiger partial charge in [0.15, 0.2) is 0 Å². The standard InChI is InChI=1S/C35H39NO6/c1-38-32-11-6-4-9-28(32)24-40-16-7-17-41-30-14-12-26(13-15-30)35-29(22-37)20-36-21-34(35)42-23-25-18-27-8-3-5-10-31(27)33(19-25)39-2/h3,5-6,8,10-15,18-19,29,34-37H,7,16-17,20-24H2,1-2H3/t29-,34-,35-/m0/s1. The van der Waals surface area contributed by atoms with Crippen LogP contribution in [-0.2, 0) is 20.8 Å². The van der Waals surface area contributed by atoms with Crippen LogP contribution in [0.5, 0.6) is 11.5 Å². The van der Waals surface area contributed by atoms with Crippen molar-refractivity contribution in [2.45, 2.75) is 25.0 Å². The van der Waals surface area contributed by atoms with Crippen LogP contribution in [0.25, 0.3) is 10.8 Å². The normalized spacial score (nSPS) is 19.8. The maximum Gasteiger partial charge on any atom is 0.133 e. The van der Waals surface area contributed by atoms with Crippen LogP contribution in [0.1, 0.15) is 23.5 Å². The Kier molecular flexibility index (Phi) is 10.5. The number of hydrogen-bond acceptors (Lipinski definition) is 7. The fraction of sp³-hybridized carbons (Fsp3) is 0.371. The topological polar surface area (TPSA) is 78.4 Å². The van der Waals surface area contributed by atoms with E-state index in [9.17, 15) is 5.11 Å². The van der Waals surface area contributed by atoms with Gasteiger partial charge in [-0.25, -0.2) is 0 Å². The van der Waals surface area contributed by atoms with Crippen molar-refractivity contribution < 1.29 is 28.8 Å². The molecule has 0 unspecified atom stereocenters. The molecule has 7 nitrogen and oxygen atoms in total. The van der Waals surface area contributed by atoms with Gasteiger partial charge in [-0.05, 0) is 52.9 Å². The van der Waals surface area contributed by atoms with Crippen LogP contribution >= 0.6 is 0 Å². The van der Waals surface area contributed by atoms with E-state index in [1.807, 2.05) is 36.4 Å². The summed E-state index contributed by atoms with van der Waals surface area (Å²) in [6.07, 6.45) is 4.30. The Bertz CT molecular complexity index is 1470. The number of hydrogen-bond donors (Lipinski definition) is 2. The van der Waals surface area contributed by atoms with Crippen LogP contribution in [0.3, 0.4) is 0 Å². The number of rotatable bonds is 14. The number of allylic oxidation sites excluding steroid dienone is 2. The molecule has 220 valence electrons. The van der Waals surface area contributed by atoms with E-state index in [4.69, 9.17) is 23.7 Å². The maximum atomic E-state index is 10.2. The molecule has 0 radical (unpaired) electrons. The SMILES string of the molecule is COC1=CC=C=C=C1COCCCOc1ccc([C@H]2[C@H](CO)CNC[C@@H]2OCc2cc(OC)c3ccccc3c2)cc1. The Labute approximate surface area is 247 Å². The van der Waals surface area contributed by atoms with Crippen molar-refractivity contribution in [3.8, 4) is 11.5 Å². The first kappa shape index (κ1) is 29.7. The maximum absolute atomic E-state index is 10.2. The number of fused-ring (bicyclic) bond motifs is 1. The molecular formula is C35H39NO6. The second-order valence-corrected chi connectivity index (χ2v) is 10.5. The van der Waals surface area contributed by atoms with E-state index in [1.165, 1.54) is 0 Å². The zero-order chi connectivity index (χ0) is 29.1. The number of aliphatic hydroxyl groups excluding tert-OH is 1. The molecule has 42 heavy (non-hydrogen) atoms. The van der Waals surface area contributed by atoms with Gasteiger partial charge in [0.1, 0.15) is 17.3 Å². The number of piperidine rings is 1. The lowest BCUT2D eigenvalue weighted by atomic mass is 9.79. The molecule has 1 saturated heterocycles. The monoisotopic (exact) mass is 569 g/mol. The van der Waals surface area contributed by atoms with Crippen LogP contribution in [-0.4, -0.2) is 64.9 Å². The van der Waals surface area contributed by atoms with E-state index >= 15 is 0 Å². The van der Waals surface area contributed by atoms with Gasteiger partial charge in [-0.3, -0.25) is 0 Å². The van der Waals surface area contributed by atoms with Crippen molar-refractivity contribution in [2.75, 3.05) is 53.7 Å². The molecule has 7 heteroatoms. The number of benzene rings is 3. The summed E-state index contributed by atoms with van der Waals surface area (Å²) in [7, 11) is 3.33. The van der Waals surface area contributed by atoms with Gasteiger partial charge >= 0.3 is 0 Å². The third-order valence-electron chi connectivity index (χ3n) is 7.73. The average molecular weight is 570 g/mol. The van der Waals surface area contributed by atoms with Crippen LogP contribution in [0.2, 0.25) is 0 Å². The van der Waals surface area contributed by atoms with Crippen LogP contribution in [0.15, 0.2) is 95.6 Å². The number of nitrogens with one attached hydrogen (secondary N) is 1. The fourth-order valence-corrected chi connectivity index (χ4v) is 5.60. The van der Waals surface area contributed by atoms with E-state index < -0.39 is 0 Å². The molecule has 3 atom stereocenters. The zero-order valence-corrected chi connectivity index (χ0v) is 24.3. The molecule has 1 heterocycles. The van der Waals surface area contributed by atoms with Gasteiger partial charge < -0.3 is 34.1 Å². The highest BCUT2D eigenvalue weighted by atomic mass is 16.5. The van der Waals surface area contributed by atoms with E-state index in [0.717, 1.165) is 64.2 Å². The Morgan fingerprint density at radius 3 is 2.62 bits per heavy atom. The van der Waals surface area contributed by atoms with Crippen molar-refractivity contribution in [2.24, 2.45) is 5.92 Å². The molecule has 0 saturated carbocycles. The summed E-state index contributed by atoms with van der Waals surface area (Å²) in [6, 6.07) is 20.6. The molecule has 0 spiro atoms. The second-order valence-electron chi connectivity index (χ2n) is 10.5. The summed E-state index contributed by atoms with van der Waals surface area (Å²) in [5.74, 6) is 2.52. The van der Waals surface area contributed by atoms with E-state index in [1.54, 1.807) is 20.3 Å². The lowest BCUT2D eigenvalue weighted by molar-refractivity contribution is -0.0151. The smallest absolute Gasteiger partial charge is 0.133 e. The number of ether oxygens (including phenoxy) is 5. The summed E-state index contributed by atoms with van der Waals surface area (Å²) in [6.45, 7) is 3.55. The Morgan fingerprint density at radius 1 is 0.952 bits per heavy atom. The minimum Gasteiger partial charge on any atom is -0.496 e. The molecule has 1 aliphatic heterocycles. The summed E-state index contributed by atoms with van der Waals surface area (Å²) < 4.78 is 29.2. The molecule has 0 amide bonds. The first-order valence-electron chi connectivity index (χ1n) is 14.4. The predicted octanol–water partition coefficient (Wildman–Crippen LogP) is 5.30. The van der Waals surface area contributed by atoms with Gasteiger partial charge in [0.25, 0.3) is 0 Å². The molecule has 0 bridgehead atoms. The summed E-state index contributed by atoms with van der Waals surface area (Å²) >= 11 is 0. The molecule has 0 aromatic heterocycles. The van der Waals surface area contributed by atoms with Gasteiger partial charge in [0, 0.05) is 43.3 Å². The van der Waals surface area contributed by atoms with Gasteiger partial charge in [-0.1, -0.05) is 47.9 Å². The van der Waals surface area contributed by atoms with Gasteiger partial charge in [-0.2, -0.15) is 0 Å². The molecular weight excluding hydrogens is 530 g/mol. The molecule has 1 aliphatic carbocycles. The lowest BCUT2D eigenvalue weighted by Crippen LogP contribution is -2.47. The third kappa shape index (κ3) is 7.33. The quantitative estimate of drug-likeness (QED) is 0.202.